The molecule has 1 N–H and O–H groups in total. The molecule has 0 radical (unpaired) electrons. The molecule has 0 saturated heterocycles. The first-order valence-corrected chi connectivity index (χ1v) is 2.20. The van der Waals surface area contributed by atoms with E-state index in [-0.39, 0.29) is 12.3 Å². The number of carbonyl (C=O) groups excluding carboxylic acids is 1. The Kier molecular flexibility index (Phi) is 2.69. The Hall–Kier alpha value is -0.990. The van der Waals surface area contributed by atoms with Gasteiger partial charge in [-0.15, -0.1) is 0 Å². The first kappa shape index (κ1) is 7.01. The predicted molar refractivity (Wildman–Crippen MR) is 29.8 cm³/mol. The summed E-state index contributed by atoms with van der Waals surface area (Å²) in [4.78, 5) is 10.3. The van der Waals surface area contributed by atoms with Gasteiger partial charge in [-0.05, 0) is 6.92 Å². The lowest BCUT2D eigenvalue weighted by Gasteiger charge is -1.89. The molecule has 0 aliphatic rings. The average Bonchev–Trinajstić information content (AvgIpc) is 1.67. The summed E-state index contributed by atoms with van der Waals surface area (Å²) in [6, 6.07) is 0. The Balaban J connectivity index is 3.65. The Morgan fingerprint density at radius 3 is 2.50 bits per heavy atom. The van der Waals surface area contributed by atoms with Crippen LogP contribution in [0.2, 0.25) is 0 Å². The zero-order valence-corrected chi connectivity index (χ0v) is 4.77. The van der Waals surface area contributed by atoms with Gasteiger partial charge < -0.3 is 0 Å². The molecule has 3 nitrogen and oxygen atoms in total. The van der Waals surface area contributed by atoms with Crippen LogP contribution in [0, 0.1) is 5.53 Å². The smallest absolute Gasteiger partial charge is 0.157 e. The third-order valence-corrected chi connectivity index (χ3v) is 0.768. The fourth-order valence-electron chi connectivity index (χ4n) is 0.207. The van der Waals surface area contributed by atoms with Crippen molar-refractivity contribution in [1.29, 1.82) is 5.53 Å². The van der Waals surface area contributed by atoms with Crippen LogP contribution in [0.4, 0.5) is 0 Å². The van der Waals surface area contributed by atoms with E-state index in [4.69, 9.17) is 5.53 Å². The second-order valence-electron chi connectivity index (χ2n) is 1.48. The van der Waals surface area contributed by atoms with E-state index >= 15 is 0 Å². The van der Waals surface area contributed by atoms with E-state index in [1.165, 1.54) is 6.92 Å². The molecular formula is C5H8N2O. The second-order valence-corrected chi connectivity index (χ2v) is 1.48. The highest BCUT2D eigenvalue weighted by molar-refractivity contribution is 5.92. The number of rotatable bonds is 3. The molecule has 8 heavy (non-hydrogen) atoms. The maximum absolute atomic E-state index is 10.3. The minimum atomic E-state index is -0.0963. The highest BCUT2D eigenvalue weighted by Crippen LogP contribution is 1.90. The van der Waals surface area contributed by atoms with Crippen molar-refractivity contribution in [2.75, 3.05) is 6.54 Å². The van der Waals surface area contributed by atoms with Gasteiger partial charge in [0.15, 0.2) is 5.78 Å². The molecule has 44 valence electrons. The number of Topliss-reactive ketones (excluding diaryl/α,β-unsaturated/α-hetero) is 1. The van der Waals surface area contributed by atoms with E-state index in [2.05, 4.69) is 11.7 Å². The zero-order chi connectivity index (χ0) is 6.57. The van der Waals surface area contributed by atoms with Crippen LogP contribution in [0.1, 0.15) is 6.92 Å². The summed E-state index contributed by atoms with van der Waals surface area (Å²) in [5.74, 6) is -0.0963. The molecule has 3 heteroatoms. The molecule has 0 bridgehead atoms. The highest BCUT2D eigenvalue weighted by Gasteiger charge is 1.95. The molecule has 0 heterocycles. The van der Waals surface area contributed by atoms with Crippen LogP contribution in [-0.2, 0) is 4.79 Å². The second kappa shape index (κ2) is 3.07. The third kappa shape index (κ3) is 2.23. The maximum Gasteiger partial charge on any atom is 0.157 e. The minimum absolute atomic E-state index is 0.0963. The van der Waals surface area contributed by atoms with E-state index in [9.17, 15) is 4.79 Å². The van der Waals surface area contributed by atoms with Gasteiger partial charge in [-0.1, -0.05) is 6.58 Å². The topological polar surface area (TPSA) is 53.3 Å². The molecule has 0 fully saturated rings. The van der Waals surface area contributed by atoms with Crippen molar-refractivity contribution in [1.82, 2.24) is 0 Å². The third-order valence-electron chi connectivity index (χ3n) is 0.768. The SMILES string of the molecule is C=C(CN=N)C(C)=O. The lowest BCUT2D eigenvalue weighted by atomic mass is 10.2. The number of ketones is 1. The quantitative estimate of drug-likeness (QED) is 0.432. The molecular weight excluding hydrogens is 104 g/mol. The van der Waals surface area contributed by atoms with Crippen LogP contribution in [0.15, 0.2) is 17.3 Å². The summed E-state index contributed by atoms with van der Waals surface area (Å²) in [7, 11) is 0. The number of hydrogen-bond acceptors (Lipinski definition) is 3. The summed E-state index contributed by atoms with van der Waals surface area (Å²) in [5.41, 5.74) is 6.73. The maximum atomic E-state index is 10.3. The van der Waals surface area contributed by atoms with Crippen LogP contribution >= 0.6 is 0 Å². The molecule has 0 saturated carbocycles. The molecule has 0 aromatic carbocycles. The summed E-state index contributed by atoms with van der Waals surface area (Å²) >= 11 is 0. The van der Waals surface area contributed by atoms with Gasteiger partial charge in [0, 0.05) is 5.57 Å². The number of carbonyl (C=O) groups is 1. The van der Waals surface area contributed by atoms with E-state index in [1.807, 2.05) is 0 Å². The van der Waals surface area contributed by atoms with Crippen LogP contribution in [0.5, 0.6) is 0 Å². The fraction of sp³-hybridized carbons (Fsp3) is 0.400. The fourth-order valence-corrected chi connectivity index (χ4v) is 0.207. The number of hydrogen-bond donors (Lipinski definition) is 1. The van der Waals surface area contributed by atoms with Crippen LogP contribution in [0.25, 0.3) is 0 Å². The van der Waals surface area contributed by atoms with E-state index < -0.39 is 0 Å². The van der Waals surface area contributed by atoms with Gasteiger partial charge in [-0.2, -0.15) is 5.11 Å². The molecule has 0 unspecified atom stereocenters. The molecule has 0 spiro atoms. The molecule has 0 aromatic heterocycles. The monoisotopic (exact) mass is 112 g/mol. The number of nitrogens with one attached hydrogen (secondary N) is 1. The lowest BCUT2D eigenvalue weighted by Crippen LogP contribution is -1.96. The van der Waals surface area contributed by atoms with Crippen molar-refractivity contribution in [2.45, 2.75) is 6.92 Å². The van der Waals surface area contributed by atoms with Crippen LogP contribution in [0.3, 0.4) is 0 Å². The molecule has 0 amide bonds. The van der Waals surface area contributed by atoms with Gasteiger partial charge in [-0.25, -0.2) is 5.53 Å². The van der Waals surface area contributed by atoms with E-state index in [1.54, 1.807) is 0 Å². The van der Waals surface area contributed by atoms with Crippen molar-refractivity contribution < 1.29 is 4.79 Å². The van der Waals surface area contributed by atoms with Gasteiger partial charge in [0.05, 0.1) is 6.54 Å². The summed E-state index contributed by atoms with van der Waals surface area (Å²) in [6.45, 7) is 4.93. The normalized spacial score (nSPS) is 8.12. The number of nitrogens with zero attached hydrogens (tertiary/aromatic N) is 1. The highest BCUT2D eigenvalue weighted by atomic mass is 16.1. The first-order valence-electron chi connectivity index (χ1n) is 2.20. The Morgan fingerprint density at radius 1 is 1.88 bits per heavy atom. The molecule has 0 aliphatic heterocycles. The van der Waals surface area contributed by atoms with Gasteiger partial charge in [0.1, 0.15) is 0 Å². The average molecular weight is 112 g/mol. The van der Waals surface area contributed by atoms with Crippen LogP contribution < -0.4 is 0 Å². The Labute approximate surface area is 47.9 Å². The van der Waals surface area contributed by atoms with Crippen molar-refractivity contribution in [3.05, 3.63) is 12.2 Å². The Morgan fingerprint density at radius 2 is 2.38 bits per heavy atom. The van der Waals surface area contributed by atoms with Gasteiger partial charge in [0.25, 0.3) is 0 Å². The van der Waals surface area contributed by atoms with Gasteiger partial charge >= 0.3 is 0 Å². The van der Waals surface area contributed by atoms with Crippen molar-refractivity contribution in [3.8, 4) is 0 Å². The largest absolute Gasteiger partial charge is 0.295 e. The van der Waals surface area contributed by atoms with Crippen LogP contribution in [-0.4, -0.2) is 12.3 Å². The van der Waals surface area contributed by atoms with Crippen molar-refractivity contribution >= 4 is 5.78 Å². The van der Waals surface area contributed by atoms with E-state index in [0.29, 0.717) is 5.57 Å². The summed E-state index contributed by atoms with van der Waals surface area (Å²) < 4.78 is 0. The lowest BCUT2D eigenvalue weighted by molar-refractivity contribution is -0.113. The summed E-state index contributed by atoms with van der Waals surface area (Å²) in [5, 5.41) is 2.99. The van der Waals surface area contributed by atoms with Gasteiger partial charge in [0.2, 0.25) is 0 Å². The molecule has 0 rings (SSSR count). The van der Waals surface area contributed by atoms with Gasteiger partial charge in [-0.3, -0.25) is 4.79 Å². The zero-order valence-electron chi connectivity index (χ0n) is 4.77. The first-order chi connectivity index (χ1) is 3.68. The predicted octanol–water partition coefficient (Wildman–Crippen LogP) is 1.16. The molecule has 0 aliphatic carbocycles. The minimum Gasteiger partial charge on any atom is -0.295 e. The van der Waals surface area contributed by atoms with Crippen molar-refractivity contribution in [3.63, 3.8) is 0 Å². The molecule has 0 aromatic rings. The van der Waals surface area contributed by atoms with Crippen molar-refractivity contribution in [2.24, 2.45) is 5.11 Å². The van der Waals surface area contributed by atoms with E-state index in [0.717, 1.165) is 0 Å². The molecule has 0 atom stereocenters. The standard InChI is InChI=1S/C5H8N2O/c1-4(3-7-6)5(2)8/h6H,1,3H2,2H3. The summed E-state index contributed by atoms with van der Waals surface area (Å²) in [6.07, 6.45) is 0. The Bertz CT molecular complexity index is 128.